The lowest BCUT2D eigenvalue weighted by Crippen LogP contribution is -2.37. The molecule has 1 N–H and O–H groups in total. The summed E-state index contributed by atoms with van der Waals surface area (Å²) in [5.74, 6) is -1.19. The Labute approximate surface area is 118 Å². The molecule has 1 aromatic carbocycles. The number of carboxylic acids is 1. The maximum Gasteiger partial charge on any atom is 0.303 e. The number of carboxylic acid groups (broad SMARTS) is 1. The fourth-order valence-electron chi connectivity index (χ4n) is 2.15. The van der Waals surface area contributed by atoms with E-state index >= 15 is 0 Å². The predicted octanol–water partition coefficient (Wildman–Crippen LogP) is 1.84. The molecule has 2 rings (SSSR count). The van der Waals surface area contributed by atoms with Gasteiger partial charge in [-0.3, -0.25) is 9.59 Å². The Hall–Kier alpha value is -1.69. The molecule has 1 heterocycles. The second-order valence-corrected chi connectivity index (χ2v) is 5.29. The quantitative estimate of drug-likeness (QED) is 0.838. The van der Waals surface area contributed by atoms with Gasteiger partial charge >= 0.3 is 5.97 Å². The molecule has 0 saturated carbocycles. The molecule has 0 aromatic heterocycles. The molecule has 1 aromatic rings. The lowest BCUT2D eigenvalue weighted by Gasteiger charge is -2.22. The molecule has 0 aliphatic carbocycles. The maximum absolute atomic E-state index is 12.2. The normalized spacial score (nSPS) is 15.2. The van der Waals surface area contributed by atoms with Gasteiger partial charge in [0.15, 0.2) is 0 Å². The average molecular weight is 326 g/mol. The zero-order valence-corrected chi connectivity index (χ0v) is 11.6. The van der Waals surface area contributed by atoms with Crippen LogP contribution in [0.3, 0.4) is 0 Å². The van der Waals surface area contributed by atoms with Gasteiger partial charge in [0, 0.05) is 23.0 Å². The summed E-state index contributed by atoms with van der Waals surface area (Å²) in [6.45, 7) is 0.344. The Bertz CT molecular complexity index is 543. The monoisotopic (exact) mass is 325 g/mol. The summed E-state index contributed by atoms with van der Waals surface area (Å²) in [6, 6.07) is 4.63. The average Bonchev–Trinajstić information content (AvgIpc) is 2.67. The van der Waals surface area contributed by atoms with Crippen molar-refractivity contribution >= 4 is 34.1 Å². The molecule has 6 heteroatoms. The topological polar surface area (TPSA) is 74.7 Å². The largest absolute Gasteiger partial charge is 0.481 e. The Morgan fingerprint density at radius 3 is 2.89 bits per heavy atom. The number of nitrogens with zero attached hydrogens (tertiary/aromatic N) is 1. The van der Waals surface area contributed by atoms with Crippen LogP contribution in [-0.2, 0) is 16.1 Å². The van der Waals surface area contributed by atoms with Gasteiger partial charge < -0.3 is 14.8 Å². The van der Waals surface area contributed by atoms with Crippen molar-refractivity contribution in [2.75, 3.05) is 0 Å². The predicted molar refractivity (Wildman–Crippen MR) is 70.7 cm³/mol. The molecule has 100 valence electrons. The zero-order chi connectivity index (χ0) is 14.0. The Balaban J connectivity index is 2.17. The van der Waals surface area contributed by atoms with Crippen molar-refractivity contribution < 1.29 is 19.5 Å². The van der Waals surface area contributed by atoms with Gasteiger partial charge in [-0.1, -0.05) is 15.9 Å². The first-order chi connectivity index (χ1) is 9.02. The van der Waals surface area contributed by atoms with Crippen LogP contribution < -0.4 is 0 Å². The first-order valence-electron chi connectivity index (χ1n) is 5.79. The first-order valence-corrected chi connectivity index (χ1v) is 6.58. The third-order valence-corrected chi connectivity index (χ3v) is 3.60. The minimum Gasteiger partial charge on any atom is -0.481 e. The summed E-state index contributed by atoms with van der Waals surface area (Å²) < 4.78 is 0.870. The summed E-state index contributed by atoms with van der Waals surface area (Å²) in [4.78, 5) is 35.2. The van der Waals surface area contributed by atoms with Crippen molar-refractivity contribution in [2.24, 2.45) is 0 Å². The fraction of sp³-hybridized carbons (Fsp3) is 0.308. The second-order valence-electron chi connectivity index (χ2n) is 4.37. The van der Waals surface area contributed by atoms with Crippen LogP contribution in [0.1, 0.15) is 28.8 Å². The highest BCUT2D eigenvalue weighted by Gasteiger charge is 2.32. The molecule has 0 bridgehead atoms. The van der Waals surface area contributed by atoms with Gasteiger partial charge in [-0.15, -0.1) is 0 Å². The van der Waals surface area contributed by atoms with Crippen LogP contribution >= 0.6 is 15.9 Å². The van der Waals surface area contributed by atoms with Gasteiger partial charge in [0.05, 0.1) is 6.04 Å². The van der Waals surface area contributed by atoms with Crippen molar-refractivity contribution in [3.8, 4) is 0 Å². The SMILES string of the molecule is O=CC(CCC(=O)O)N1Cc2cc(Br)ccc2C1=O. The molecule has 0 radical (unpaired) electrons. The second kappa shape index (κ2) is 5.52. The summed E-state index contributed by atoms with van der Waals surface area (Å²) >= 11 is 3.33. The lowest BCUT2D eigenvalue weighted by molar-refractivity contribution is -0.137. The number of carbonyl (C=O) groups is 3. The minimum absolute atomic E-state index is 0.132. The highest BCUT2D eigenvalue weighted by molar-refractivity contribution is 9.10. The summed E-state index contributed by atoms with van der Waals surface area (Å²) in [5.41, 5.74) is 1.42. The van der Waals surface area contributed by atoms with Crippen molar-refractivity contribution in [1.29, 1.82) is 0 Å². The Kier molecular flexibility index (Phi) is 3.99. The van der Waals surface area contributed by atoms with E-state index in [0.29, 0.717) is 18.4 Å². The van der Waals surface area contributed by atoms with Crippen LogP contribution in [0.25, 0.3) is 0 Å². The number of rotatable bonds is 5. The van der Waals surface area contributed by atoms with E-state index in [4.69, 9.17) is 5.11 Å². The molecular weight excluding hydrogens is 314 g/mol. The van der Waals surface area contributed by atoms with Crippen molar-refractivity contribution in [3.05, 3.63) is 33.8 Å². The zero-order valence-electron chi connectivity index (χ0n) is 10.0. The fourth-order valence-corrected chi connectivity index (χ4v) is 2.56. The Morgan fingerprint density at radius 1 is 1.53 bits per heavy atom. The van der Waals surface area contributed by atoms with E-state index in [1.165, 1.54) is 4.90 Å². The van der Waals surface area contributed by atoms with Gasteiger partial charge in [-0.2, -0.15) is 0 Å². The molecule has 1 amide bonds. The molecule has 0 spiro atoms. The molecule has 0 fully saturated rings. The van der Waals surface area contributed by atoms with Crippen molar-refractivity contribution in [3.63, 3.8) is 0 Å². The lowest BCUT2D eigenvalue weighted by atomic mass is 10.1. The third kappa shape index (κ3) is 2.84. The van der Waals surface area contributed by atoms with E-state index in [9.17, 15) is 14.4 Å². The van der Waals surface area contributed by atoms with Crippen LogP contribution in [0.15, 0.2) is 22.7 Å². The number of aliphatic carboxylic acids is 1. The van der Waals surface area contributed by atoms with Crippen LogP contribution in [0, 0.1) is 0 Å². The van der Waals surface area contributed by atoms with Crippen LogP contribution in [0.4, 0.5) is 0 Å². The molecule has 0 saturated heterocycles. The van der Waals surface area contributed by atoms with Crippen LogP contribution in [-0.4, -0.2) is 34.2 Å². The molecular formula is C13H12BrNO4. The number of carbonyl (C=O) groups excluding carboxylic acids is 2. The van der Waals surface area contributed by atoms with E-state index in [-0.39, 0.29) is 18.7 Å². The number of hydrogen-bond acceptors (Lipinski definition) is 3. The molecule has 19 heavy (non-hydrogen) atoms. The standard InChI is InChI=1S/C13H12BrNO4/c14-9-1-3-11-8(5-9)6-15(13(11)19)10(7-16)2-4-12(17)18/h1,3,5,7,10H,2,4,6H2,(H,17,18). The first kappa shape index (κ1) is 13.7. The highest BCUT2D eigenvalue weighted by atomic mass is 79.9. The number of hydrogen-bond donors (Lipinski definition) is 1. The number of benzene rings is 1. The van der Waals surface area contributed by atoms with E-state index < -0.39 is 12.0 Å². The molecule has 1 aliphatic heterocycles. The van der Waals surface area contributed by atoms with E-state index in [0.717, 1.165) is 10.0 Å². The van der Waals surface area contributed by atoms with Crippen molar-refractivity contribution in [2.45, 2.75) is 25.4 Å². The Morgan fingerprint density at radius 2 is 2.26 bits per heavy atom. The summed E-state index contributed by atoms with van der Waals surface area (Å²) in [7, 11) is 0. The maximum atomic E-state index is 12.2. The minimum atomic E-state index is -0.973. The highest BCUT2D eigenvalue weighted by Crippen LogP contribution is 2.28. The van der Waals surface area contributed by atoms with E-state index in [1.54, 1.807) is 12.1 Å². The van der Waals surface area contributed by atoms with Gasteiger partial charge in [-0.05, 0) is 30.2 Å². The number of amides is 1. The van der Waals surface area contributed by atoms with Crippen LogP contribution in [0.5, 0.6) is 0 Å². The molecule has 1 unspecified atom stereocenters. The third-order valence-electron chi connectivity index (χ3n) is 3.11. The smallest absolute Gasteiger partial charge is 0.303 e. The summed E-state index contributed by atoms with van der Waals surface area (Å²) in [6.07, 6.45) is 0.648. The molecule has 5 nitrogen and oxygen atoms in total. The van der Waals surface area contributed by atoms with Gasteiger partial charge in [0.1, 0.15) is 6.29 Å². The van der Waals surface area contributed by atoms with Gasteiger partial charge in [0.2, 0.25) is 0 Å². The number of aldehydes is 1. The number of halogens is 1. The van der Waals surface area contributed by atoms with E-state index in [1.807, 2.05) is 6.07 Å². The van der Waals surface area contributed by atoms with Crippen molar-refractivity contribution in [1.82, 2.24) is 4.90 Å². The molecule has 1 atom stereocenters. The van der Waals surface area contributed by atoms with Crippen LogP contribution in [0.2, 0.25) is 0 Å². The van der Waals surface area contributed by atoms with E-state index in [2.05, 4.69) is 15.9 Å². The van der Waals surface area contributed by atoms with Gasteiger partial charge in [0.25, 0.3) is 5.91 Å². The molecule has 1 aliphatic rings. The summed E-state index contributed by atoms with van der Waals surface area (Å²) in [5, 5.41) is 8.65. The van der Waals surface area contributed by atoms with Gasteiger partial charge in [-0.25, -0.2) is 0 Å². The number of fused-ring (bicyclic) bond motifs is 1.